The summed E-state index contributed by atoms with van der Waals surface area (Å²) in [6.45, 7) is 3.88. The quantitative estimate of drug-likeness (QED) is 0.803. The van der Waals surface area contributed by atoms with Crippen LogP contribution in [0.5, 0.6) is 0 Å². The van der Waals surface area contributed by atoms with E-state index >= 15 is 0 Å². The van der Waals surface area contributed by atoms with Crippen LogP contribution in [0.3, 0.4) is 0 Å². The molecule has 3 N–H and O–H groups in total. The van der Waals surface area contributed by atoms with E-state index in [4.69, 9.17) is 10.5 Å². The average Bonchev–Trinajstić information content (AvgIpc) is 2.52. The van der Waals surface area contributed by atoms with Crippen LogP contribution in [-0.4, -0.2) is 25.8 Å². The molecule has 0 bridgehead atoms. The van der Waals surface area contributed by atoms with E-state index in [9.17, 15) is 4.79 Å². The summed E-state index contributed by atoms with van der Waals surface area (Å²) in [5.41, 5.74) is 8.00. The van der Waals surface area contributed by atoms with Gasteiger partial charge in [0, 0.05) is 23.6 Å². The summed E-state index contributed by atoms with van der Waals surface area (Å²) >= 11 is 0. The second-order valence-electron chi connectivity index (χ2n) is 4.80. The number of carbonyl (C=O) groups excluding carboxylic acids is 1. The number of rotatable bonds is 6. The minimum Gasteiger partial charge on any atom is -0.447 e. The van der Waals surface area contributed by atoms with Crippen molar-refractivity contribution in [2.75, 3.05) is 35.6 Å². The average molecular weight is 299 g/mol. The van der Waals surface area contributed by atoms with Gasteiger partial charge in [-0.1, -0.05) is 24.3 Å². The van der Waals surface area contributed by atoms with E-state index in [-0.39, 0.29) is 0 Å². The lowest BCUT2D eigenvalue weighted by Gasteiger charge is -2.22. The lowest BCUT2D eigenvalue weighted by Crippen LogP contribution is -2.28. The molecule has 0 saturated heterocycles. The van der Waals surface area contributed by atoms with Gasteiger partial charge in [-0.2, -0.15) is 0 Å². The lowest BCUT2D eigenvalue weighted by molar-refractivity contribution is 0.164. The number of hydrogen-bond acceptors (Lipinski definition) is 4. The Morgan fingerprint density at radius 3 is 2.64 bits per heavy atom. The van der Waals surface area contributed by atoms with Crippen LogP contribution < -0.4 is 16.0 Å². The minimum atomic E-state index is -0.477. The smallest absolute Gasteiger partial charge is 0.411 e. The number of ether oxygens (including phenoxy) is 1. The Morgan fingerprint density at radius 1 is 1.18 bits per heavy atom. The molecule has 5 heteroatoms. The molecule has 2 aromatic rings. The number of anilines is 3. The van der Waals surface area contributed by atoms with Crippen molar-refractivity contribution >= 4 is 23.2 Å². The number of para-hydroxylation sites is 1. The fraction of sp³-hybridized carbons (Fsp3) is 0.235. The summed E-state index contributed by atoms with van der Waals surface area (Å²) in [6, 6.07) is 17.0. The van der Waals surface area contributed by atoms with E-state index in [1.165, 1.54) is 0 Å². The highest BCUT2D eigenvalue weighted by atomic mass is 16.5. The molecule has 0 spiro atoms. The Bertz CT molecular complexity index is 602. The fourth-order valence-electron chi connectivity index (χ4n) is 2.13. The molecule has 0 aliphatic rings. The van der Waals surface area contributed by atoms with Crippen molar-refractivity contribution in [3.8, 4) is 0 Å². The van der Waals surface area contributed by atoms with Crippen molar-refractivity contribution in [3.63, 3.8) is 0 Å². The number of nitrogens with one attached hydrogen (secondary N) is 1. The van der Waals surface area contributed by atoms with E-state index in [1.54, 1.807) is 24.3 Å². The van der Waals surface area contributed by atoms with Crippen molar-refractivity contribution in [3.05, 3.63) is 54.6 Å². The number of amides is 1. The number of nitrogens with zero attached hydrogens (tertiary/aromatic N) is 1. The predicted molar refractivity (Wildman–Crippen MR) is 90.2 cm³/mol. The van der Waals surface area contributed by atoms with Crippen molar-refractivity contribution in [1.29, 1.82) is 0 Å². The highest BCUT2D eigenvalue weighted by Crippen LogP contribution is 2.13. The molecule has 0 aromatic heterocycles. The highest BCUT2D eigenvalue weighted by Gasteiger charge is 2.06. The zero-order valence-corrected chi connectivity index (χ0v) is 12.7. The summed E-state index contributed by atoms with van der Waals surface area (Å²) in [7, 11) is 0. The van der Waals surface area contributed by atoms with Crippen LogP contribution in [0.25, 0.3) is 0 Å². The minimum absolute atomic E-state index is 0.316. The third-order valence-corrected chi connectivity index (χ3v) is 3.23. The molecule has 1 amide bonds. The van der Waals surface area contributed by atoms with Crippen molar-refractivity contribution in [1.82, 2.24) is 0 Å². The molecular weight excluding hydrogens is 278 g/mol. The van der Waals surface area contributed by atoms with Gasteiger partial charge in [-0.25, -0.2) is 4.79 Å². The molecule has 2 rings (SSSR count). The van der Waals surface area contributed by atoms with Crippen molar-refractivity contribution in [2.45, 2.75) is 6.92 Å². The summed E-state index contributed by atoms with van der Waals surface area (Å²) in [4.78, 5) is 13.9. The Hall–Kier alpha value is -2.69. The van der Waals surface area contributed by atoms with Crippen LogP contribution in [0.15, 0.2) is 54.6 Å². The molecule has 5 nitrogen and oxygen atoms in total. The molecule has 0 radical (unpaired) electrons. The van der Waals surface area contributed by atoms with Gasteiger partial charge in [0.2, 0.25) is 0 Å². The topological polar surface area (TPSA) is 67.6 Å². The zero-order valence-electron chi connectivity index (χ0n) is 12.7. The van der Waals surface area contributed by atoms with Crippen LogP contribution in [0.1, 0.15) is 6.92 Å². The maximum Gasteiger partial charge on any atom is 0.411 e. The van der Waals surface area contributed by atoms with E-state index < -0.39 is 6.09 Å². The monoisotopic (exact) mass is 299 g/mol. The van der Waals surface area contributed by atoms with Gasteiger partial charge in [-0.05, 0) is 37.3 Å². The van der Waals surface area contributed by atoms with Crippen LogP contribution >= 0.6 is 0 Å². The summed E-state index contributed by atoms with van der Waals surface area (Å²) in [6.07, 6.45) is -0.477. The van der Waals surface area contributed by atoms with E-state index in [0.717, 1.165) is 12.2 Å². The zero-order chi connectivity index (χ0) is 15.8. The van der Waals surface area contributed by atoms with Gasteiger partial charge in [0.25, 0.3) is 0 Å². The molecule has 0 saturated carbocycles. The number of nitrogen functional groups attached to an aromatic ring is 1. The Morgan fingerprint density at radius 2 is 1.95 bits per heavy atom. The molecular formula is C17H21N3O2. The largest absolute Gasteiger partial charge is 0.447 e. The number of likely N-dealkylation sites (N-methyl/N-ethyl adjacent to an activating group) is 1. The molecule has 0 fully saturated rings. The first-order chi connectivity index (χ1) is 10.7. The molecule has 0 atom stereocenters. The summed E-state index contributed by atoms with van der Waals surface area (Å²) in [5, 5.41) is 2.65. The standard InChI is InChI=1S/C17H21N3O2/c1-2-20(16-9-4-3-5-10-16)11-12-22-17(21)19-15-8-6-7-14(18)13-15/h3-10,13H,2,11-12,18H2,1H3,(H,19,21). The number of benzene rings is 2. The Balaban J connectivity index is 1.79. The third-order valence-electron chi connectivity index (χ3n) is 3.23. The first-order valence-electron chi connectivity index (χ1n) is 7.28. The van der Waals surface area contributed by atoms with E-state index in [2.05, 4.69) is 17.1 Å². The molecule has 0 aliphatic heterocycles. The summed E-state index contributed by atoms with van der Waals surface area (Å²) in [5.74, 6) is 0. The maximum atomic E-state index is 11.7. The van der Waals surface area contributed by atoms with Gasteiger partial charge < -0.3 is 15.4 Å². The Labute approximate surface area is 130 Å². The lowest BCUT2D eigenvalue weighted by atomic mass is 10.3. The van der Waals surface area contributed by atoms with Crippen LogP contribution in [0.4, 0.5) is 21.9 Å². The molecule has 22 heavy (non-hydrogen) atoms. The van der Waals surface area contributed by atoms with E-state index in [1.807, 2.05) is 30.3 Å². The van der Waals surface area contributed by atoms with Gasteiger partial charge in [0.05, 0.1) is 6.54 Å². The SMILES string of the molecule is CCN(CCOC(=O)Nc1cccc(N)c1)c1ccccc1. The van der Waals surface area contributed by atoms with Gasteiger partial charge >= 0.3 is 6.09 Å². The summed E-state index contributed by atoms with van der Waals surface area (Å²) < 4.78 is 5.21. The predicted octanol–water partition coefficient (Wildman–Crippen LogP) is 3.34. The fourth-order valence-corrected chi connectivity index (χ4v) is 2.13. The van der Waals surface area contributed by atoms with Crippen LogP contribution in [0, 0.1) is 0 Å². The normalized spacial score (nSPS) is 10.0. The van der Waals surface area contributed by atoms with E-state index in [0.29, 0.717) is 24.5 Å². The first-order valence-corrected chi connectivity index (χ1v) is 7.28. The highest BCUT2D eigenvalue weighted by molar-refractivity contribution is 5.85. The van der Waals surface area contributed by atoms with Crippen molar-refractivity contribution < 1.29 is 9.53 Å². The molecule has 0 aliphatic carbocycles. The second kappa shape index (κ2) is 7.93. The first kappa shape index (κ1) is 15.7. The Kier molecular flexibility index (Phi) is 5.65. The van der Waals surface area contributed by atoms with Gasteiger partial charge in [-0.3, -0.25) is 5.32 Å². The van der Waals surface area contributed by atoms with Gasteiger partial charge in [0.1, 0.15) is 6.61 Å². The van der Waals surface area contributed by atoms with Gasteiger partial charge in [0.15, 0.2) is 0 Å². The maximum absolute atomic E-state index is 11.7. The number of nitrogens with two attached hydrogens (primary N) is 1. The molecule has 0 unspecified atom stereocenters. The number of hydrogen-bond donors (Lipinski definition) is 2. The molecule has 116 valence electrons. The van der Waals surface area contributed by atoms with Crippen LogP contribution in [0.2, 0.25) is 0 Å². The van der Waals surface area contributed by atoms with Gasteiger partial charge in [-0.15, -0.1) is 0 Å². The van der Waals surface area contributed by atoms with Crippen LogP contribution in [-0.2, 0) is 4.74 Å². The van der Waals surface area contributed by atoms with Crippen molar-refractivity contribution in [2.24, 2.45) is 0 Å². The second-order valence-corrected chi connectivity index (χ2v) is 4.80. The number of carbonyl (C=O) groups is 1. The molecule has 0 heterocycles. The molecule has 2 aromatic carbocycles. The third kappa shape index (κ3) is 4.70.